The summed E-state index contributed by atoms with van der Waals surface area (Å²) in [5.74, 6) is -0.280. The van der Waals surface area contributed by atoms with Gasteiger partial charge in [0.15, 0.2) is 0 Å². The fraction of sp³-hybridized carbons (Fsp3) is 0.200. The second-order valence-electron chi connectivity index (χ2n) is 7.67. The van der Waals surface area contributed by atoms with Crippen molar-refractivity contribution in [2.24, 2.45) is 0 Å². The maximum Gasteiger partial charge on any atom is 0.248 e. The van der Waals surface area contributed by atoms with Crippen molar-refractivity contribution < 1.29 is 13.2 Å². The summed E-state index contributed by atoms with van der Waals surface area (Å²) in [5, 5.41) is 2.76. The van der Waals surface area contributed by atoms with E-state index in [1.807, 2.05) is 42.5 Å². The monoisotopic (exact) mass is 447 g/mol. The van der Waals surface area contributed by atoms with Crippen LogP contribution in [0, 0.1) is 0 Å². The first-order valence-electron chi connectivity index (χ1n) is 10.6. The van der Waals surface area contributed by atoms with Gasteiger partial charge >= 0.3 is 0 Å². The molecule has 0 radical (unpaired) electrons. The molecule has 4 rings (SSSR count). The number of carbonyl (C=O) groups is 1. The van der Waals surface area contributed by atoms with E-state index < -0.39 is 10.0 Å². The lowest BCUT2D eigenvalue weighted by atomic mass is 9.99. The van der Waals surface area contributed by atoms with Crippen LogP contribution < -0.4 is 5.32 Å². The van der Waals surface area contributed by atoms with Crippen molar-refractivity contribution in [3.05, 3.63) is 96.3 Å². The molecule has 1 fully saturated rings. The molecule has 0 bridgehead atoms. The molecule has 2 heterocycles. The van der Waals surface area contributed by atoms with Crippen molar-refractivity contribution >= 4 is 27.7 Å². The van der Waals surface area contributed by atoms with E-state index >= 15 is 0 Å². The van der Waals surface area contributed by atoms with Gasteiger partial charge < -0.3 is 5.32 Å². The van der Waals surface area contributed by atoms with Gasteiger partial charge in [-0.3, -0.25) is 9.78 Å². The zero-order valence-corrected chi connectivity index (χ0v) is 18.4. The lowest BCUT2D eigenvalue weighted by molar-refractivity contribution is -0.111. The molecule has 1 atom stereocenters. The molecule has 1 aliphatic rings. The minimum absolute atomic E-state index is 0.214. The summed E-state index contributed by atoms with van der Waals surface area (Å²) in [4.78, 5) is 16.6. The van der Waals surface area contributed by atoms with E-state index in [0.717, 1.165) is 30.4 Å². The summed E-state index contributed by atoms with van der Waals surface area (Å²) < 4.78 is 28.3. The van der Waals surface area contributed by atoms with Gasteiger partial charge in [-0.15, -0.1) is 0 Å². The second-order valence-corrected chi connectivity index (χ2v) is 9.56. The minimum Gasteiger partial charge on any atom is -0.323 e. The number of aromatic nitrogens is 1. The highest BCUT2D eigenvalue weighted by Gasteiger charge is 2.34. The number of piperidine rings is 1. The van der Waals surface area contributed by atoms with E-state index in [4.69, 9.17) is 0 Å². The average Bonchev–Trinajstić information content (AvgIpc) is 2.84. The van der Waals surface area contributed by atoms with Gasteiger partial charge in [0, 0.05) is 30.7 Å². The molecule has 2 aromatic carbocycles. The second kappa shape index (κ2) is 9.89. The quantitative estimate of drug-likeness (QED) is 0.558. The van der Waals surface area contributed by atoms with Crippen molar-refractivity contribution in [1.29, 1.82) is 0 Å². The third-order valence-corrected chi connectivity index (χ3v) is 7.40. The van der Waals surface area contributed by atoms with Gasteiger partial charge in [-0.1, -0.05) is 42.8 Å². The van der Waals surface area contributed by atoms with E-state index in [1.165, 1.54) is 6.08 Å². The van der Waals surface area contributed by atoms with Gasteiger partial charge in [-0.05, 0) is 60.4 Å². The number of hydrogen-bond acceptors (Lipinski definition) is 4. The molecule has 1 saturated heterocycles. The summed E-state index contributed by atoms with van der Waals surface area (Å²) in [5.41, 5.74) is 2.37. The molecule has 1 unspecified atom stereocenters. The SMILES string of the molecule is O=C(C=Cc1ccccc1)Nc1ccc(S(=O)(=O)N2CCCCC2c2cccnc2)cc1. The van der Waals surface area contributed by atoms with Crippen LogP contribution >= 0.6 is 0 Å². The Morgan fingerprint density at radius 3 is 2.50 bits per heavy atom. The molecule has 1 N–H and O–H groups in total. The van der Waals surface area contributed by atoms with Gasteiger partial charge in [-0.2, -0.15) is 4.31 Å². The van der Waals surface area contributed by atoms with E-state index in [-0.39, 0.29) is 16.8 Å². The summed E-state index contributed by atoms with van der Waals surface area (Å²) in [6.45, 7) is 0.477. The lowest BCUT2D eigenvalue weighted by Crippen LogP contribution is -2.38. The van der Waals surface area contributed by atoms with E-state index in [0.29, 0.717) is 12.2 Å². The van der Waals surface area contributed by atoms with Crippen LogP contribution in [-0.2, 0) is 14.8 Å². The molecule has 7 heteroatoms. The van der Waals surface area contributed by atoms with Crippen molar-refractivity contribution in [3.63, 3.8) is 0 Å². The van der Waals surface area contributed by atoms with Gasteiger partial charge in [-0.25, -0.2) is 8.42 Å². The number of anilines is 1. The van der Waals surface area contributed by atoms with Crippen LogP contribution in [-0.4, -0.2) is 30.2 Å². The highest BCUT2D eigenvalue weighted by atomic mass is 32.2. The molecule has 1 aromatic heterocycles. The van der Waals surface area contributed by atoms with Crippen molar-refractivity contribution in [2.45, 2.75) is 30.2 Å². The van der Waals surface area contributed by atoms with Crippen LogP contribution in [0.1, 0.15) is 36.4 Å². The normalized spacial score (nSPS) is 17.3. The molecule has 32 heavy (non-hydrogen) atoms. The van der Waals surface area contributed by atoms with Gasteiger partial charge in [0.25, 0.3) is 0 Å². The van der Waals surface area contributed by atoms with Crippen LogP contribution in [0.15, 0.2) is 90.1 Å². The summed E-state index contributed by atoms with van der Waals surface area (Å²) >= 11 is 0. The van der Waals surface area contributed by atoms with Crippen molar-refractivity contribution in [3.8, 4) is 0 Å². The highest BCUT2D eigenvalue weighted by Crippen LogP contribution is 2.35. The number of carbonyl (C=O) groups excluding carboxylic acids is 1. The average molecular weight is 448 g/mol. The Morgan fingerprint density at radius 1 is 1.00 bits per heavy atom. The van der Waals surface area contributed by atoms with Gasteiger partial charge in [0.1, 0.15) is 0 Å². The number of hydrogen-bond donors (Lipinski definition) is 1. The summed E-state index contributed by atoms with van der Waals surface area (Å²) in [6, 6.07) is 19.4. The van der Waals surface area contributed by atoms with Crippen molar-refractivity contribution in [2.75, 3.05) is 11.9 Å². The predicted molar refractivity (Wildman–Crippen MR) is 125 cm³/mol. The van der Waals surface area contributed by atoms with Gasteiger partial charge in [0.2, 0.25) is 15.9 Å². The standard InChI is InChI=1S/C25H25N3O3S/c29-25(16-11-20-7-2-1-3-8-20)27-22-12-14-23(15-13-22)32(30,31)28-18-5-4-10-24(28)21-9-6-17-26-19-21/h1-3,6-9,11-17,19,24H,4-5,10,18H2,(H,27,29). The molecule has 164 valence electrons. The Kier molecular flexibility index (Phi) is 6.78. The maximum absolute atomic E-state index is 13.4. The summed E-state index contributed by atoms with van der Waals surface area (Å²) in [7, 11) is -3.67. The van der Waals surface area contributed by atoms with Crippen LogP contribution in [0.2, 0.25) is 0 Å². The van der Waals surface area contributed by atoms with E-state index in [9.17, 15) is 13.2 Å². The van der Waals surface area contributed by atoms with Crippen molar-refractivity contribution in [1.82, 2.24) is 9.29 Å². The smallest absolute Gasteiger partial charge is 0.248 e. The number of sulfonamides is 1. The first kappa shape index (κ1) is 21.9. The Morgan fingerprint density at radius 2 is 1.78 bits per heavy atom. The number of amides is 1. The summed E-state index contributed by atoms with van der Waals surface area (Å²) in [6.07, 6.45) is 9.18. The number of nitrogens with zero attached hydrogens (tertiary/aromatic N) is 2. The molecule has 1 aliphatic heterocycles. The predicted octanol–water partition coefficient (Wildman–Crippen LogP) is 4.65. The molecule has 0 spiro atoms. The van der Waals surface area contributed by atoms with E-state index in [2.05, 4.69) is 10.3 Å². The number of rotatable bonds is 6. The molecular formula is C25H25N3O3S. The largest absolute Gasteiger partial charge is 0.323 e. The topological polar surface area (TPSA) is 79.4 Å². The van der Waals surface area contributed by atoms with Gasteiger partial charge in [0.05, 0.1) is 10.9 Å². The molecule has 0 aliphatic carbocycles. The fourth-order valence-electron chi connectivity index (χ4n) is 3.86. The third-order valence-electron chi connectivity index (χ3n) is 5.48. The number of pyridine rings is 1. The zero-order chi connectivity index (χ0) is 22.4. The Hall–Kier alpha value is -3.29. The Labute approximate surface area is 188 Å². The molecule has 1 amide bonds. The first-order chi connectivity index (χ1) is 15.5. The van der Waals surface area contributed by atoms with Crippen LogP contribution in [0.4, 0.5) is 5.69 Å². The number of benzene rings is 2. The molecule has 0 saturated carbocycles. The van der Waals surface area contributed by atoms with Crippen LogP contribution in [0.5, 0.6) is 0 Å². The number of nitrogens with one attached hydrogen (secondary N) is 1. The first-order valence-corrected chi connectivity index (χ1v) is 12.0. The molecule has 6 nitrogen and oxygen atoms in total. The zero-order valence-electron chi connectivity index (χ0n) is 17.6. The Bertz CT molecular complexity index is 1180. The lowest BCUT2D eigenvalue weighted by Gasteiger charge is -2.34. The molecular weight excluding hydrogens is 422 g/mol. The van der Waals surface area contributed by atoms with E-state index in [1.54, 1.807) is 47.0 Å². The molecule has 3 aromatic rings. The fourth-order valence-corrected chi connectivity index (χ4v) is 5.55. The van der Waals surface area contributed by atoms with Crippen LogP contribution in [0.25, 0.3) is 6.08 Å². The minimum atomic E-state index is -3.67. The maximum atomic E-state index is 13.4. The highest BCUT2D eigenvalue weighted by molar-refractivity contribution is 7.89. The third kappa shape index (κ3) is 5.12. The van der Waals surface area contributed by atoms with Crippen LogP contribution in [0.3, 0.4) is 0 Å². The Balaban J connectivity index is 1.47.